The topological polar surface area (TPSA) is 141 Å². The number of nitrogen functional groups attached to an aromatic ring is 1. The molecule has 0 saturated carbocycles. The fourth-order valence-corrected chi connectivity index (χ4v) is 4.13. The van der Waals surface area contributed by atoms with E-state index in [0.717, 1.165) is 11.5 Å². The molecule has 176 valence electrons. The molecule has 5 atom stereocenters. The summed E-state index contributed by atoms with van der Waals surface area (Å²) in [5.41, 5.74) is 5.71. The predicted molar refractivity (Wildman–Crippen MR) is 115 cm³/mol. The number of carbonyl (C=O) groups excluding carboxylic acids is 2. The Morgan fingerprint density at radius 3 is 2.69 bits per heavy atom. The summed E-state index contributed by atoms with van der Waals surface area (Å²) in [7, 11) is 0. The average Bonchev–Trinajstić information content (AvgIpc) is 3.17. The normalized spacial score (nSPS) is 23.9. The zero-order chi connectivity index (χ0) is 23.6. The fraction of sp³-hybridized carbons (Fsp3) is 0.632. The van der Waals surface area contributed by atoms with Crippen LogP contribution in [0, 0.1) is 0 Å². The lowest BCUT2D eigenvalue weighted by atomic mass is 10.0. The zero-order valence-corrected chi connectivity index (χ0v) is 19.0. The Hall–Kier alpha value is -2.67. The van der Waals surface area contributed by atoms with Gasteiger partial charge in [0.2, 0.25) is 5.95 Å². The van der Waals surface area contributed by atoms with Gasteiger partial charge < -0.3 is 19.9 Å². The molecule has 0 aliphatic carbocycles. The van der Waals surface area contributed by atoms with Crippen molar-refractivity contribution in [2.24, 2.45) is 0 Å². The second kappa shape index (κ2) is 9.86. The quantitative estimate of drug-likeness (QED) is 0.555. The number of carbonyl (C=O) groups is 2. The van der Waals surface area contributed by atoms with Crippen LogP contribution in [0.2, 0.25) is 0 Å². The number of fused-ring (bicyclic) bond motifs is 1. The Kier molecular flexibility index (Phi) is 7.39. The van der Waals surface area contributed by atoms with Crippen molar-refractivity contribution in [1.82, 2.24) is 19.1 Å². The van der Waals surface area contributed by atoms with Crippen molar-refractivity contribution in [3.05, 3.63) is 16.7 Å². The maximum absolute atomic E-state index is 15.5. The molecule has 2 aromatic rings. The number of aryl methyl sites for hydroxylation is 1. The van der Waals surface area contributed by atoms with Crippen molar-refractivity contribution in [2.75, 3.05) is 17.7 Å². The fourth-order valence-electron chi connectivity index (χ4n) is 3.77. The summed E-state index contributed by atoms with van der Waals surface area (Å²) in [6.45, 7) is 4.38. The molecule has 2 aromatic heterocycles. The van der Waals surface area contributed by atoms with Crippen LogP contribution in [0.3, 0.4) is 0 Å². The largest absolute Gasteiger partial charge is 0.460 e. The first-order chi connectivity index (χ1) is 15.2. The summed E-state index contributed by atoms with van der Waals surface area (Å²) in [6.07, 6.45) is -3.30. The molecule has 3 rings (SSSR count). The molecule has 11 nitrogen and oxygen atoms in total. The van der Waals surface area contributed by atoms with E-state index in [1.54, 1.807) is 6.92 Å². The number of nitrogens with two attached hydrogens (primary N) is 1. The minimum absolute atomic E-state index is 0.0880. The molecular weight excluding hydrogens is 445 g/mol. The van der Waals surface area contributed by atoms with Crippen LogP contribution in [0.5, 0.6) is 0 Å². The highest BCUT2D eigenvalue weighted by Crippen LogP contribution is 2.37. The summed E-state index contributed by atoms with van der Waals surface area (Å²) >= 11 is 1.54. The number of hydrogen-bond acceptors (Lipinski definition) is 10. The molecule has 13 heteroatoms. The van der Waals surface area contributed by atoms with Gasteiger partial charge in [-0.25, -0.2) is 18.7 Å². The molecule has 3 heterocycles. The minimum Gasteiger partial charge on any atom is -0.460 e. The van der Waals surface area contributed by atoms with Gasteiger partial charge in [-0.1, -0.05) is 6.92 Å². The van der Waals surface area contributed by atoms with Gasteiger partial charge in [0.05, 0.1) is 6.20 Å². The molecule has 2 N–H and O–H groups in total. The zero-order valence-electron chi connectivity index (χ0n) is 18.2. The van der Waals surface area contributed by atoms with E-state index in [9.17, 15) is 14.4 Å². The lowest BCUT2D eigenvalue weighted by Crippen LogP contribution is -2.40. The van der Waals surface area contributed by atoms with Crippen molar-refractivity contribution >= 4 is 40.8 Å². The van der Waals surface area contributed by atoms with Crippen LogP contribution in [-0.2, 0) is 30.3 Å². The van der Waals surface area contributed by atoms with Crippen molar-refractivity contribution in [2.45, 2.75) is 64.4 Å². The van der Waals surface area contributed by atoms with Gasteiger partial charge in [-0.3, -0.25) is 14.2 Å². The van der Waals surface area contributed by atoms with Crippen LogP contribution in [0.4, 0.5) is 10.3 Å². The maximum atomic E-state index is 15.5. The van der Waals surface area contributed by atoms with E-state index in [1.807, 2.05) is 6.26 Å². The van der Waals surface area contributed by atoms with Crippen molar-refractivity contribution in [1.29, 1.82) is 0 Å². The second-order valence-corrected chi connectivity index (χ2v) is 8.29. The minimum atomic E-state index is -1.86. The molecule has 0 amide bonds. The number of alkyl halides is 1. The van der Waals surface area contributed by atoms with Gasteiger partial charge in [0.25, 0.3) is 0 Å². The van der Waals surface area contributed by atoms with E-state index in [4.69, 9.17) is 19.9 Å². The van der Waals surface area contributed by atoms with Crippen LogP contribution in [-0.4, -0.2) is 67.5 Å². The first-order valence-electron chi connectivity index (χ1n) is 10.1. The van der Waals surface area contributed by atoms with Gasteiger partial charge in [0.15, 0.2) is 24.2 Å². The van der Waals surface area contributed by atoms with Crippen LogP contribution >= 0.6 is 11.8 Å². The van der Waals surface area contributed by atoms with E-state index in [2.05, 4.69) is 9.97 Å². The standard InChI is InChI=1S/C19H26FN5O6S/c1-5-12(29-9(2)26)14-13(20)15(30-10(3)27)17(31-14)25-16-11(8-22-18(21)23-16)24(19(25)28)6-7-32-4/h8,12-15,17H,5-7H2,1-4H3,(H2,21,22,23)/t12?,13-,14+,15+,17+/m0/s1. The molecule has 1 aliphatic rings. The van der Waals surface area contributed by atoms with E-state index in [1.165, 1.54) is 29.4 Å². The number of ether oxygens (including phenoxy) is 3. The molecule has 1 aliphatic heterocycles. The lowest BCUT2D eigenvalue weighted by molar-refractivity contribution is -0.159. The number of thioether (sulfide) groups is 1. The van der Waals surface area contributed by atoms with Gasteiger partial charge >= 0.3 is 17.6 Å². The van der Waals surface area contributed by atoms with Gasteiger partial charge in [-0.15, -0.1) is 0 Å². The van der Waals surface area contributed by atoms with Crippen LogP contribution < -0.4 is 11.4 Å². The third-order valence-corrected chi connectivity index (χ3v) is 5.68. The highest BCUT2D eigenvalue weighted by atomic mass is 32.2. The third kappa shape index (κ3) is 4.58. The summed E-state index contributed by atoms with van der Waals surface area (Å²) in [4.78, 5) is 44.7. The smallest absolute Gasteiger partial charge is 0.332 e. The van der Waals surface area contributed by atoms with Crippen LogP contribution in [0.15, 0.2) is 11.0 Å². The number of aromatic nitrogens is 4. The lowest BCUT2D eigenvalue weighted by Gasteiger charge is -2.23. The molecular formula is C19H26FN5O6S. The van der Waals surface area contributed by atoms with E-state index >= 15 is 4.39 Å². The molecule has 0 aromatic carbocycles. The summed E-state index contributed by atoms with van der Waals surface area (Å²) < 4.78 is 34.3. The molecule has 1 unspecified atom stereocenters. The monoisotopic (exact) mass is 471 g/mol. The highest BCUT2D eigenvalue weighted by molar-refractivity contribution is 7.98. The Morgan fingerprint density at radius 1 is 1.38 bits per heavy atom. The SMILES string of the molecule is CCC(OC(C)=O)[C@H]1O[C@@H](n2c(=O)n(CCSC)c3cnc(N)nc32)[C@H](OC(C)=O)[C@H]1F. The summed E-state index contributed by atoms with van der Waals surface area (Å²) in [5.74, 6) is -0.816. The Morgan fingerprint density at radius 2 is 2.09 bits per heavy atom. The summed E-state index contributed by atoms with van der Waals surface area (Å²) in [5, 5.41) is 0. The molecule has 32 heavy (non-hydrogen) atoms. The van der Waals surface area contributed by atoms with E-state index in [0.29, 0.717) is 17.8 Å². The number of anilines is 1. The van der Waals surface area contributed by atoms with Crippen LogP contribution in [0.1, 0.15) is 33.4 Å². The van der Waals surface area contributed by atoms with Gasteiger partial charge in [-0.05, 0) is 12.7 Å². The number of esters is 2. The third-order valence-electron chi connectivity index (χ3n) is 5.09. The molecule has 1 fully saturated rings. The molecule has 1 saturated heterocycles. The molecule has 0 bridgehead atoms. The second-order valence-electron chi connectivity index (χ2n) is 7.30. The Balaban J connectivity index is 2.14. The van der Waals surface area contributed by atoms with E-state index < -0.39 is 48.3 Å². The number of rotatable bonds is 8. The Labute approximate surface area is 187 Å². The van der Waals surface area contributed by atoms with E-state index in [-0.39, 0.29) is 18.0 Å². The number of imidazole rings is 1. The number of hydrogen-bond donors (Lipinski definition) is 1. The number of nitrogens with zero attached hydrogens (tertiary/aromatic N) is 4. The first kappa shape index (κ1) is 24.0. The highest BCUT2D eigenvalue weighted by Gasteiger charge is 2.53. The summed E-state index contributed by atoms with van der Waals surface area (Å²) in [6, 6.07) is 0. The Bertz CT molecular complexity index is 1060. The predicted octanol–water partition coefficient (Wildman–Crippen LogP) is 1.05. The number of halogens is 1. The maximum Gasteiger partial charge on any atom is 0.332 e. The molecule has 0 radical (unpaired) electrons. The van der Waals surface area contributed by atoms with Crippen molar-refractivity contribution in [3.63, 3.8) is 0 Å². The van der Waals surface area contributed by atoms with Crippen molar-refractivity contribution < 1.29 is 28.2 Å². The van der Waals surface area contributed by atoms with Gasteiger partial charge in [0.1, 0.15) is 17.7 Å². The first-order valence-corrected chi connectivity index (χ1v) is 11.4. The van der Waals surface area contributed by atoms with Crippen molar-refractivity contribution in [3.8, 4) is 0 Å². The van der Waals surface area contributed by atoms with Gasteiger partial charge in [-0.2, -0.15) is 16.7 Å². The molecule has 0 spiro atoms. The van der Waals surface area contributed by atoms with Gasteiger partial charge in [0, 0.05) is 26.1 Å². The average molecular weight is 472 g/mol. The van der Waals surface area contributed by atoms with Crippen LogP contribution in [0.25, 0.3) is 11.2 Å².